The summed E-state index contributed by atoms with van der Waals surface area (Å²) in [7, 11) is 4.35. The van der Waals surface area contributed by atoms with E-state index in [1.54, 1.807) is 0 Å². The van der Waals surface area contributed by atoms with E-state index in [1.165, 1.54) is 40.4 Å². The lowest BCUT2D eigenvalue weighted by Gasteiger charge is -2.12. The first-order valence-corrected chi connectivity index (χ1v) is 5.79. The van der Waals surface area contributed by atoms with Crippen molar-refractivity contribution in [3.63, 3.8) is 0 Å². The molecule has 0 spiro atoms. The number of nitrogens with zero attached hydrogens (tertiary/aromatic N) is 2. The fourth-order valence-electron chi connectivity index (χ4n) is 1.50. The highest BCUT2D eigenvalue weighted by molar-refractivity contribution is 5.86. The largest absolute Gasteiger partial charge is 0.510 e. The molecule has 2 N–H and O–H groups in total. The van der Waals surface area contributed by atoms with Crippen LogP contribution in [0.1, 0.15) is 6.92 Å². The molecule has 0 saturated heterocycles. The number of azo groups is 1. The summed E-state index contributed by atoms with van der Waals surface area (Å²) in [5.41, 5.74) is -0.270. The highest BCUT2D eigenvalue weighted by atomic mass is 16.5. The third-order valence-corrected chi connectivity index (χ3v) is 2.46. The first kappa shape index (κ1) is 16.3. The van der Waals surface area contributed by atoms with Crippen LogP contribution in [0.25, 0.3) is 0 Å². The van der Waals surface area contributed by atoms with Crippen LogP contribution in [0.2, 0.25) is 0 Å². The predicted molar refractivity (Wildman–Crippen MR) is 73.6 cm³/mol. The number of allylic oxidation sites excluding steroid dienone is 1. The number of aliphatic hydroxyl groups excluding tert-OH is 1. The second kappa shape index (κ2) is 7.13. The van der Waals surface area contributed by atoms with Crippen molar-refractivity contribution in [2.45, 2.75) is 6.92 Å². The van der Waals surface area contributed by atoms with Gasteiger partial charge in [0, 0.05) is 12.1 Å². The minimum absolute atomic E-state index is 0.282. The lowest BCUT2D eigenvalue weighted by molar-refractivity contribution is -0.132. The van der Waals surface area contributed by atoms with Crippen molar-refractivity contribution in [2.75, 3.05) is 21.3 Å². The molecule has 0 unspecified atom stereocenters. The van der Waals surface area contributed by atoms with E-state index in [1.807, 2.05) is 0 Å². The van der Waals surface area contributed by atoms with Gasteiger partial charge in [-0.3, -0.25) is 0 Å². The normalized spacial score (nSPS) is 12.0. The van der Waals surface area contributed by atoms with Crippen LogP contribution in [0.15, 0.2) is 33.8 Å². The summed E-state index contributed by atoms with van der Waals surface area (Å²) in [5, 5.41) is 25.3. The third kappa shape index (κ3) is 3.85. The molecule has 0 bridgehead atoms. The second-order valence-electron chi connectivity index (χ2n) is 3.82. The molecular formula is C13H16N2O6. The number of aliphatic hydroxyl groups is 1. The molecule has 0 radical (unpaired) electrons. The Morgan fingerprint density at radius 1 is 1.05 bits per heavy atom. The quantitative estimate of drug-likeness (QED) is 0.474. The minimum atomic E-state index is -1.38. The van der Waals surface area contributed by atoms with Crippen LogP contribution in [-0.2, 0) is 4.79 Å². The van der Waals surface area contributed by atoms with Gasteiger partial charge in [-0.25, -0.2) is 4.79 Å². The van der Waals surface area contributed by atoms with Crippen molar-refractivity contribution in [1.29, 1.82) is 0 Å². The predicted octanol–water partition coefficient (Wildman–Crippen LogP) is 2.67. The molecule has 1 rings (SSSR count). The van der Waals surface area contributed by atoms with Crippen molar-refractivity contribution in [2.24, 2.45) is 10.2 Å². The van der Waals surface area contributed by atoms with E-state index < -0.39 is 17.4 Å². The van der Waals surface area contributed by atoms with Gasteiger partial charge in [-0.15, -0.1) is 10.2 Å². The van der Waals surface area contributed by atoms with Gasteiger partial charge in [0.2, 0.25) is 11.4 Å². The molecule has 8 nitrogen and oxygen atoms in total. The lowest BCUT2D eigenvalue weighted by Crippen LogP contribution is -2.00. The highest BCUT2D eigenvalue weighted by Crippen LogP contribution is 2.40. The number of carboxylic acids is 1. The Bertz CT molecular complexity index is 565. The van der Waals surface area contributed by atoms with Gasteiger partial charge in [0.1, 0.15) is 5.76 Å². The molecule has 114 valence electrons. The molecule has 0 fully saturated rings. The Labute approximate surface area is 121 Å². The van der Waals surface area contributed by atoms with Gasteiger partial charge < -0.3 is 24.4 Å². The molecule has 8 heteroatoms. The molecule has 0 heterocycles. The van der Waals surface area contributed by atoms with Crippen LogP contribution in [0, 0.1) is 0 Å². The van der Waals surface area contributed by atoms with Crippen molar-refractivity contribution >= 4 is 11.7 Å². The fourth-order valence-corrected chi connectivity index (χ4v) is 1.50. The molecule has 0 saturated carbocycles. The maximum atomic E-state index is 10.9. The van der Waals surface area contributed by atoms with E-state index in [0.29, 0.717) is 17.2 Å². The van der Waals surface area contributed by atoms with Gasteiger partial charge in [0.15, 0.2) is 11.5 Å². The van der Waals surface area contributed by atoms with Gasteiger partial charge in [-0.05, 0) is 6.92 Å². The number of hydrogen-bond acceptors (Lipinski definition) is 7. The highest BCUT2D eigenvalue weighted by Gasteiger charge is 2.14. The SMILES string of the molecule is COc1cc(N=NC(C(=O)O)=C(C)O)cc(OC)c1OC. The second-order valence-corrected chi connectivity index (χ2v) is 3.82. The zero-order valence-corrected chi connectivity index (χ0v) is 12.1. The van der Waals surface area contributed by atoms with Crippen LogP contribution in [0.4, 0.5) is 5.69 Å². The van der Waals surface area contributed by atoms with Crippen molar-refractivity contribution < 1.29 is 29.2 Å². The fraction of sp³-hybridized carbons (Fsp3) is 0.308. The van der Waals surface area contributed by atoms with Crippen LogP contribution >= 0.6 is 0 Å². The van der Waals surface area contributed by atoms with E-state index in [9.17, 15) is 9.90 Å². The monoisotopic (exact) mass is 296 g/mol. The van der Waals surface area contributed by atoms with Gasteiger partial charge in [-0.1, -0.05) is 0 Å². The standard InChI is InChI=1S/C13H16N2O6/c1-7(16)11(13(17)18)15-14-8-5-9(19-2)12(21-4)10(6-8)20-3/h5-6,16H,1-4H3,(H,17,18). The molecule has 1 aromatic carbocycles. The van der Waals surface area contributed by atoms with Crippen molar-refractivity contribution in [1.82, 2.24) is 0 Å². The topological polar surface area (TPSA) is 110 Å². The molecule has 0 aliphatic heterocycles. The van der Waals surface area contributed by atoms with Crippen molar-refractivity contribution in [3.8, 4) is 17.2 Å². The third-order valence-electron chi connectivity index (χ3n) is 2.46. The van der Waals surface area contributed by atoms with Crippen LogP contribution in [0.5, 0.6) is 17.2 Å². The number of rotatable bonds is 6. The molecule has 0 aliphatic carbocycles. The summed E-state index contributed by atoms with van der Waals surface area (Å²) in [6, 6.07) is 2.99. The van der Waals surface area contributed by atoms with E-state index in [-0.39, 0.29) is 5.69 Å². The number of methoxy groups -OCH3 is 3. The van der Waals surface area contributed by atoms with Gasteiger partial charge in [-0.2, -0.15) is 0 Å². The van der Waals surface area contributed by atoms with Crippen LogP contribution in [0.3, 0.4) is 0 Å². The zero-order chi connectivity index (χ0) is 16.0. The summed E-state index contributed by atoms with van der Waals surface area (Å²) in [6.07, 6.45) is 0. The summed E-state index contributed by atoms with van der Waals surface area (Å²) >= 11 is 0. The summed E-state index contributed by atoms with van der Waals surface area (Å²) in [5.74, 6) is -0.740. The van der Waals surface area contributed by atoms with Crippen molar-refractivity contribution in [3.05, 3.63) is 23.6 Å². The average molecular weight is 296 g/mol. The Kier molecular flexibility index (Phi) is 5.53. The summed E-state index contributed by atoms with van der Waals surface area (Å²) in [4.78, 5) is 10.9. The molecule has 21 heavy (non-hydrogen) atoms. The first-order chi connectivity index (χ1) is 9.94. The Hall–Kier alpha value is -2.77. The number of carboxylic acid groups (broad SMARTS) is 1. The number of hydrogen-bond donors (Lipinski definition) is 2. The summed E-state index contributed by atoms with van der Waals surface area (Å²) in [6.45, 7) is 1.21. The molecule has 0 aliphatic rings. The number of aliphatic carboxylic acids is 1. The van der Waals surface area contributed by atoms with Crippen LogP contribution in [-0.4, -0.2) is 37.5 Å². The zero-order valence-electron chi connectivity index (χ0n) is 12.1. The molecular weight excluding hydrogens is 280 g/mol. The molecule has 0 aromatic heterocycles. The van der Waals surface area contributed by atoms with Gasteiger partial charge >= 0.3 is 5.97 Å². The maximum Gasteiger partial charge on any atom is 0.359 e. The van der Waals surface area contributed by atoms with Gasteiger partial charge in [0.05, 0.1) is 27.0 Å². The number of carbonyl (C=O) groups is 1. The number of ether oxygens (including phenoxy) is 3. The van der Waals surface area contributed by atoms with Gasteiger partial charge in [0.25, 0.3) is 0 Å². The van der Waals surface area contributed by atoms with E-state index >= 15 is 0 Å². The maximum absolute atomic E-state index is 10.9. The smallest absolute Gasteiger partial charge is 0.359 e. The van der Waals surface area contributed by atoms with Crippen LogP contribution < -0.4 is 14.2 Å². The molecule has 0 amide bonds. The van der Waals surface area contributed by atoms with E-state index in [0.717, 1.165) is 0 Å². The average Bonchev–Trinajstić information content (AvgIpc) is 2.45. The minimum Gasteiger partial charge on any atom is -0.510 e. The Morgan fingerprint density at radius 3 is 1.90 bits per heavy atom. The first-order valence-electron chi connectivity index (χ1n) is 5.79. The Balaban J connectivity index is 3.27. The Morgan fingerprint density at radius 2 is 1.57 bits per heavy atom. The lowest BCUT2D eigenvalue weighted by atomic mass is 10.2. The molecule has 1 aromatic rings. The number of benzene rings is 1. The molecule has 0 atom stereocenters. The van der Waals surface area contributed by atoms with E-state index in [2.05, 4.69) is 10.2 Å². The van der Waals surface area contributed by atoms with E-state index in [4.69, 9.17) is 19.3 Å². The summed E-state index contributed by atoms with van der Waals surface area (Å²) < 4.78 is 15.4.